The minimum atomic E-state index is 0.304. The molecule has 0 bridgehead atoms. The second kappa shape index (κ2) is 14.9. The summed E-state index contributed by atoms with van der Waals surface area (Å²) in [5, 5.41) is 9.96. The molecule has 0 radical (unpaired) electrons. The second-order valence-corrected chi connectivity index (χ2v) is 11.5. The number of hydrogen-bond acceptors (Lipinski definition) is 1. The fourth-order valence-corrected chi connectivity index (χ4v) is 6.70. The van der Waals surface area contributed by atoms with Gasteiger partial charge >= 0.3 is 0 Å². The number of hydrogen-bond donors (Lipinski definition) is 0. The van der Waals surface area contributed by atoms with E-state index in [1.54, 1.807) is 5.56 Å². The molecule has 1 atom stereocenters. The van der Waals surface area contributed by atoms with E-state index in [4.69, 9.17) is 0 Å². The van der Waals surface area contributed by atoms with Crippen LogP contribution in [0.1, 0.15) is 140 Å². The molecule has 3 rings (SSSR count). The zero-order chi connectivity index (χ0) is 23.3. The molecule has 1 heteroatoms. The number of unbranched alkanes of at least 4 members (excludes halogenated alkanes) is 5. The van der Waals surface area contributed by atoms with Crippen molar-refractivity contribution < 1.29 is 0 Å². The maximum Gasteiger partial charge on any atom is 0.0658 e. The summed E-state index contributed by atoms with van der Waals surface area (Å²) < 4.78 is 0. The van der Waals surface area contributed by atoms with Crippen LogP contribution >= 0.6 is 0 Å². The van der Waals surface area contributed by atoms with Crippen molar-refractivity contribution >= 4 is 0 Å². The number of aryl methyl sites for hydroxylation is 1. The molecule has 2 fully saturated rings. The molecule has 184 valence electrons. The first-order chi connectivity index (χ1) is 16.2. The Morgan fingerprint density at radius 3 is 2.03 bits per heavy atom. The van der Waals surface area contributed by atoms with Gasteiger partial charge in [-0.15, -0.1) is 0 Å². The quantitative estimate of drug-likeness (QED) is 0.275. The molecule has 0 N–H and O–H groups in total. The average molecular weight is 450 g/mol. The Hall–Kier alpha value is -1.29. The second-order valence-electron chi connectivity index (χ2n) is 11.5. The fraction of sp³-hybridized carbons (Fsp3) is 0.781. The molecule has 1 aromatic rings. The minimum absolute atomic E-state index is 0.304. The molecule has 0 saturated heterocycles. The van der Waals surface area contributed by atoms with Gasteiger partial charge in [-0.1, -0.05) is 109 Å². The maximum absolute atomic E-state index is 9.96. The average Bonchev–Trinajstić information content (AvgIpc) is 2.87. The van der Waals surface area contributed by atoms with E-state index in [9.17, 15) is 5.26 Å². The molecular weight excluding hydrogens is 398 g/mol. The van der Waals surface area contributed by atoms with E-state index in [1.165, 1.54) is 121 Å². The summed E-state index contributed by atoms with van der Waals surface area (Å²) in [6, 6.07) is 12.3. The van der Waals surface area contributed by atoms with Gasteiger partial charge in [0.2, 0.25) is 0 Å². The van der Waals surface area contributed by atoms with Gasteiger partial charge < -0.3 is 0 Å². The van der Waals surface area contributed by atoms with Gasteiger partial charge in [0.15, 0.2) is 0 Å². The summed E-state index contributed by atoms with van der Waals surface area (Å²) in [5.74, 6) is 3.46. The van der Waals surface area contributed by atoms with Crippen LogP contribution in [0, 0.1) is 35.0 Å². The Balaban J connectivity index is 1.38. The van der Waals surface area contributed by atoms with Crippen molar-refractivity contribution in [3.05, 3.63) is 35.4 Å². The Morgan fingerprint density at radius 1 is 0.758 bits per heavy atom. The van der Waals surface area contributed by atoms with Crippen LogP contribution in [-0.2, 0) is 6.42 Å². The maximum atomic E-state index is 9.96. The Bertz CT molecular complexity index is 667. The molecule has 0 aromatic heterocycles. The first-order valence-corrected chi connectivity index (χ1v) is 14.7. The molecule has 2 aliphatic rings. The highest BCUT2D eigenvalue weighted by Crippen LogP contribution is 2.42. The predicted octanol–water partition coefficient (Wildman–Crippen LogP) is 10.00. The van der Waals surface area contributed by atoms with Crippen LogP contribution in [0.15, 0.2) is 24.3 Å². The zero-order valence-corrected chi connectivity index (χ0v) is 21.9. The lowest BCUT2D eigenvalue weighted by Crippen LogP contribution is -2.24. The van der Waals surface area contributed by atoms with Crippen LogP contribution in [0.5, 0.6) is 0 Å². The molecule has 0 amide bonds. The van der Waals surface area contributed by atoms with Crippen molar-refractivity contribution in [1.29, 1.82) is 5.26 Å². The third kappa shape index (κ3) is 8.77. The lowest BCUT2D eigenvalue weighted by molar-refractivity contribution is 0.193. The van der Waals surface area contributed by atoms with Gasteiger partial charge in [-0.3, -0.25) is 0 Å². The van der Waals surface area contributed by atoms with Crippen LogP contribution in [0.4, 0.5) is 0 Å². The standard InChI is InChI=1S/C32H51N/c1-3-5-7-8-9-11-27-16-18-29(19-17-27)30-20-22-31(23-21-30)32(25-33)24-28-14-12-26(13-15-28)10-6-4-2/h16-19,26,28,30-32H,3-15,20-24H2,1-2H3. The Morgan fingerprint density at radius 2 is 1.39 bits per heavy atom. The molecule has 0 heterocycles. The van der Waals surface area contributed by atoms with Crippen molar-refractivity contribution in [2.45, 2.75) is 135 Å². The number of nitrogens with zero attached hydrogens (tertiary/aromatic N) is 1. The van der Waals surface area contributed by atoms with Crippen molar-refractivity contribution in [3.8, 4) is 6.07 Å². The molecular formula is C32H51N. The number of benzene rings is 1. The Labute approximate surface area is 205 Å². The Kier molecular flexibility index (Phi) is 11.9. The molecule has 0 aliphatic heterocycles. The van der Waals surface area contributed by atoms with E-state index in [0.29, 0.717) is 17.8 Å². The molecule has 1 aromatic carbocycles. The van der Waals surface area contributed by atoms with Gasteiger partial charge in [0, 0.05) is 5.92 Å². The van der Waals surface area contributed by atoms with Crippen molar-refractivity contribution in [2.75, 3.05) is 0 Å². The van der Waals surface area contributed by atoms with Gasteiger partial charge in [0.05, 0.1) is 6.07 Å². The number of rotatable bonds is 13. The summed E-state index contributed by atoms with van der Waals surface area (Å²) in [6.07, 6.45) is 24.1. The molecule has 0 spiro atoms. The zero-order valence-electron chi connectivity index (χ0n) is 21.9. The lowest BCUT2D eigenvalue weighted by Gasteiger charge is -2.34. The molecule has 1 nitrogen and oxygen atoms in total. The van der Waals surface area contributed by atoms with Gasteiger partial charge in [-0.05, 0) is 79.7 Å². The largest absolute Gasteiger partial charge is 0.198 e. The minimum Gasteiger partial charge on any atom is -0.198 e. The van der Waals surface area contributed by atoms with Crippen molar-refractivity contribution in [3.63, 3.8) is 0 Å². The van der Waals surface area contributed by atoms with Crippen molar-refractivity contribution in [1.82, 2.24) is 0 Å². The number of nitriles is 1. The molecule has 2 saturated carbocycles. The van der Waals surface area contributed by atoms with Crippen LogP contribution < -0.4 is 0 Å². The van der Waals surface area contributed by atoms with E-state index in [2.05, 4.69) is 44.2 Å². The predicted molar refractivity (Wildman–Crippen MR) is 142 cm³/mol. The molecule has 1 unspecified atom stereocenters. The first-order valence-electron chi connectivity index (χ1n) is 14.7. The summed E-state index contributed by atoms with van der Waals surface area (Å²) in [6.45, 7) is 4.59. The van der Waals surface area contributed by atoms with Gasteiger partial charge in [-0.2, -0.15) is 5.26 Å². The van der Waals surface area contributed by atoms with E-state index >= 15 is 0 Å². The topological polar surface area (TPSA) is 23.8 Å². The smallest absolute Gasteiger partial charge is 0.0658 e. The van der Waals surface area contributed by atoms with Gasteiger partial charge in [0.25, 0.3) is 0 Å². The molecule has 33 heavy (non-hydrogen) atoms. The van der Waals surface area contributed by atoms with Crippen molar-refractivity contribution in [2.24, 2.45) is 23.7 Å². The van der Waals surface area contributed by atoms with E-state index < -0.39 is 0 Å². The highest BCUT2D eigenvalue weighted by molar-refractivity contribution is 5.26. The molecule has 2 aliphatic carbocycles. The summed E-state index contributed by atoms with van der Waals surface area (Å²) in [5.41, 5.74) is 3.06. The van der Waals surface area contributed by atoms with Crippen LogP contribution in [-0.4, -0.2) is 0 Å². The lowest BCUT2D eigenvalue weighted by atomic mass is 9.70. The van der Waals surface area contributed by atoms with E-state index in [0.717, 1.165) is 11.8 Å². The third-order valence-corrected chi connectivity index (χ3v) is 9.05. The third-order valence-electron chi connectivity index (χ3n) is 9.05. The SMILES string of the molecule is CCCCCCCc1ccc(C2CCC(C(C#N)CC3CCC(CCCC)CC3)CC2)cc1. The first kappa shape index (κ1) is 26.3. The summed E-state index contributed by atoms with van der Waals surface area (Å²) in [4.78, 5) is 0. The van der Waals surface area contributed by atoms with Gasteiger partial charge in [0.1, 0.15) is 0 Å². The summed E-state index contributed by atoms with van der Waals surface area (Å²) >= 11 is 0. The fourth-order valence-electron chi connectivity index (χ4n) is 6.70. The van der Waals surface area contributed by atoms with E-state index in [-0.39, 0.29) is 0 Å². The normalized spacial score (nSPS) is 26.6. The van der Waals surface area contributed by atoms with Gasteiger partial charge in [-0.25, -0.2) is 0 Å². The van der Waals surface area contributed by atoms with Crippen LogP contribution in [0.2, 0.25) is 0 Å². The van der Waals surface area contributed by atoms with Crippen LogP contribution in [0.25, 0.3) is 0 Å². The highest BCUT2D eigenvalue weighted by Gasteiger charge is 2.31. The van der Waals surface area contributed by atoms with Crippen LogP contribution in [0.3, 0.4) is 0 Å². The summed E-state index contributed by atoms with van der Waals surface area (Å²) in [7, 11) is 0. The monoisotopic (exact) mass is 449 g/mol. The highest BCUT2D eigenvalue weighted by atomic mass is 14.4. The van der Waals surface area contributed by atoms with E-state index in [1.807, 2.05) is 0 Å².